The molecule has 0 aliphatic carbocycles. The summed E-state index contributed by atoms with van der Waals surface area (Å²) in [4.78, 5) is 2.25. The average molecular weight is 264 g/mol. The fourth-order valence-electron chi connectivity index (χ4n) is 2.77. The Labute approximate surface area is 116 Å². The smallest absolute Gasteiger partial charge is 0.146 e. The predicted molar refractivity (Wildman–Crippen MR) is 79.2 cm³/mol. The van der Waals surface area contributed by atoms with Gasteiger partial charge in [0.1, 0.15) is 5.82 Å². The lowest BCUT2D eigenvalue weighted by atomic mass is 9.97. The quantitative estimate of drug-likeness (QED) is 0.900. The van der Waals surface area contributed by atoms with E-state index in [1.165, 1.54) is 0 Å². The molecule has 1 N–H and O–H groups in total. The molecule has 0 amide bonds. The second-order valence-corrected chi connectivity index (χ2v) is 5.93. The number of nitrogens with one attached hydrogen (secondary N) is 1. The number of hydrogen-bond acceptors (Lipinski definition) is 2. The molecule has 2 rings (SSSR count). The van der Waals surface area contributed by atoms with Crippen LogP contribution in [-0.4, -0.2) is 25.2 Å². The molecule has 106 valence electrons. The molecule has 2 nitrogen and oxygen atoms in total. The summed E-state index contributed by atoms with van der Waals surface area (Å²) in [7, 11) is 0. The summed E-state index contributed by atoms with van der Waals surface area (Å²) in [6.45, 7) is 10.4. The molecule has 0 radical (unpaired) electrons. The molecule has 19 heavy (non-hydrogen) atoms. The van der Waals surface area contributed by atoms with Gasteiger partial charge in [-0.25, -0.2) is 4.39 Å². The van der Waals surface area contributed by atoms with E-state index in [1.807, 2.05) is 19.1 Å². The topological polar surface area (TPSA) is 15.3 Å². The average Bonchev–Trinajstić information content (AvgIpc) is 2.40. The van der Waals surface area contributed by atoms with Gasteiger partial charge >= 0.3 is 0 Å². The van der Waals surface area contributed by atoms with Gasteiger partial charge < -0.3 is 10.2 Å². The maximum absolute atomic E-state index is 14.1. The number of aryl methyl sites for hydroxylation is 1. The van der Waals surface area contributed by atoms with E-state index in [2.05, 4.69) is 31.0 Å². The first-order valence-electron chi connectivity index (χ1n) is 7.29. The Bertz CT molecular complexity index is 431. The number of nitrogens with zero attached hydrogens (tertiary/aromatic N) is 1. The summed E-state index contributed by atoms with van der Waals surface area (Å²) in [6.07, 6.45) is 1.03. The molecule has 2 atom stereocenters. The highest BCUT2D eigenvalue weighted by Crippen LogP contribution is 2.27. The molecular formula is C16H25FN2. The Morgan fingerprint density at radius 1 is 1.42 bits per heavy atom. The summed E-state index contributed by atoms with van der Waals surface area (Å²) in [5.41, 5.74) is 1.88. The minimum Gasteiger partial charge on any atom is -0.363 e. The third-order valence-electron chi connectivity index (χ3n) is 4.14. The van der Waals surface area contributed by atoms with Crippen LogP contribution in [0.1, 0.15) is 32.8 Å². The van der Waals surface area contributed by atoms with Crippen molar-refractivity contribution in [2.75, 3.05) is 18.0 Å². The lowest BCUT2D eigenvalue weighted by molar-refractivity contribution is 0.323. The molecule has 1 aliphatic heterocycles. The Hall–Kier alpha value is -1.09. The van der Waals surface area contributed by atoms with Gasteiger partial charge in [0.05, 0.1) is 5.69 Å². The van der Waals surface area contributed by atoms with Gasteiger partial charge in [0.15, 0.2) is 0 Å². The molecule has 1 saturated heterocycles. The van der Waals surface area contributed by atoms with Crippen molar-refractivity contribution in [1.82, 2.24) is 5.32 Å². The fraction of sp³-hybridized carbons (Fsp3) is 0.625. The number of piperazine rings is 1. The zero-order valence-electron chi connectivity index (χ0n) is 12.4. The van der Waals surface area contributed by atoms with Crippen LogP contribution in [0.5, 0.6) is 0 Å². The van der Waals surface area contributed by atoms with Crippen molar-refractivity contribution in [2.45, 2.75) is 46.2 Å². The van der Waals surface area contributed by atoms with Crippen LogP contribution in [0.3, 0.4) is 0 Å². The van der Waals surface area contributed by atoms with E-state index in [0.29, 0.717) is 18.0 Å². The second-order valence-electron chi connectivity index (χ2n) is 5.93. The Morgan fingerprint density at radius 2 is 2.16 bits per heavy atom. The van der Waals surface area contributed by atoms with Crippen LogP contribution in [0, 0.1) is 18.7 Å². The summed E-state index contributed by atoms with van der Waals surface area (Å²) in [5.74, 6) is 0.460. The van der Waals surface area contributed by atoms with E-state index < -0.39 is 0 Å². The van der Waals surface area contributed by atoms with Crippen LogP contribution in [0.2, 0.25) is 0 Å². The predicted octanol–water partition coefficient (Wildman–Crippen LogP) is 3.35. The number of halogens is 1. The van der Waals surface area contributed by atoms with Gasteiger partial charge in [0, 0.05) is 25.2 Å². The van der Waals surface area contributed by atoms with Gasteiger partial charge in [-0.15, -0.1) is 0 Å². The van der Waals surface area contributed by atoms with Gasteiger partial charge in [-0.2, -0.15) is 0 Å². The summed E-state index contributed by atoms with van der Waals surface area (Å²) in [6, 6.07) is 6.21. The lowest BCUT2D eigenvalue weighted by Crippen LogP contribution is -2.58. The van der Waals surface area contributed by atoms with Crippen molar-refractivity contribution >= 4 is 5.69 Å². The van der Waals surface area contributed by atoms with Crippen molar-refractivity contribution in [3.05, 3.63) is 29.6 Å². The zero-order chi connectivity index (χ0) is 14.0. The second kappa shape index (κ2) is 5.91. The van der Waals surface area contributed by atoms with Crippen molar-refractivity contribution in [3.8, 4) is 0 Å². The summed E-state index contributed by atoms with van der Waals surface area (Å²) >= 11 is 0. The molecule has 1 aliphatic rings. The van der Waals surface area contributed by atoms with E-state index in [9.17, 15) is 4.39 Å². The number of anilines is 1. The van der Waals surface area contributed by atoms with Crippen LogP contribution in [0.4, 0.5) is 10.1 Å². The van der Waals surface area contributed by atoms with E-state index in [4.69, 9.17) is 0 Å². The van der Waals surface area contributed by atoms with E-state index in [1.54, 1.807) is 6.07 Å². The first kappa shape index (κ1) is 14.3. The first-order valence-corrected chi connectivity index (χ1v) is 7.29. The lowest BCUT2D eigenvalue weighted by Gasteiger charge is -2.43. The van der Waals surface area contributed by atoms with Crippen molar-refractivity contribution < 1.29 is 4.39 Å². The van der Waals surface area contributed by atoms with Gasteiger partial charge in [-0.3, -0.25) is 0 Å². The molecule has 3 heteroatoms. The van der Waals surface area contributed by atoms with Crippen molar-refractivity contribution in [3.63, 3.8) is 0 Å². The van der Waals surface area contributed by atoms with Crippen molar-refractivity contribution in [1.29, 1.82) is 0 Å². The minimum absolute atomic E-state index is 0.103. The van der Waals surface area contributed by atoms with E-state index in [-0.39, 0.29) is 5.82 Å². The largest absolute Gasteiger partial charge is 0.363 e. The molecule has 1 aromatic rings. The third kappa shape index (κ3) is 3.08. The fourth-order valence-corrected chi connectivity index (χ4v) is 2.77. The third-order valence-corrected chi connectivity index (χ3v) is 4.14. The molecule has 1 aromatic carbocycles. The van der Waals surface area contributed by atoms with Crippen LogP contribution in [0.15, 0.2) is 18.2 Å². The van der Waals surface area contributed by atoms with E-state index >= 15 is 0 Å². The molecular weight excluding hydrogens is 239 g/mol. The molecule has 1 fully saturated rings. The van der Waals surface area contributed by atoms with Gasteiger partial charge in [0.25, 0.3) is 0 Å². The van der Waals surface area contributed by atoms with Gasteiger partial charge in [-0.1, -0.05) is 26.8 Å². The number of benzene rings is 1. The van der Waals surface area contributed by atoms with Crippen LogP contribution >= 0.6 is 0 Å². The standard InChI is InChI=1S/C16H25FN2/c1-5-13-9-18-15(11(2)3)10-19(13)16-8-12(4)6-7-14(16)17/h6-8,11,13,15,18H,5,9-10H2,1-4H3. The molecule has 0 spiro atoms. The van der Waals surface area contributed by atoms with Crippen LogP contribution < -0.4 is 10.2 Å². The minimum atomic E-state index is -0.103. The molecule has 1 heterocycles. The highest BCUT2D eigenvalue weighted by molar-refractivity contribution is 5.51. The summed E-state index contributed by atoms with van der Waals surface area (Å²) in [5, 5.41) is 3.59. The first-order chi connectivity index (χ1) is 9.02. The Balaban J connectivity index is 2.29. The molecule has 0 aromatic heterocycles. The normalized spacial score (nSPS) is 24.0. The Kier molecular flexibility index (Phi) is 4.46. The van der Waals surface area contributed by atoms with Gasteiger partial charge in [-0.05, 0) is 37.0 Å². The maximum atomic E-state index is 14.1. The molecule has 2 unspecified atom stereocenters. The summed E-state index contributed by atoms with van der Waals surface area (Å²) < 4.78 is 14.1. The Morgan fingerprint density at radius 3 is 2.79 bits per heavy atom. The maximum Gasteiger partial charge on any atom is 0.146 e. The van der Waals surface area contributed by atoms with Crippen LogP contribution in [0.25, 0.3) is 0 Å². The van der Waals surface area contributed by atoms with Crippen molar-refractivity contribution in [2.24, 2.45) is 5.92 Å². The number of rotatable bonds is 3. The zero-order valence-corrected chi connectivity index (χ0v) is 12.4. The van der Waals surface area contributed by atoms with Crippen LogP contribution in [-0.2, 0) is 0 Å². The molecule has 0 saturated carbocycles. The van der Waals surface area contributed by atoms with E-state index in [0.717, 1.165) is 30.8 Å². The monoisotopic (exact) mass is 264 g/mol. The molecule has 0 bridgehead atoms. The van der Waals surface area contributed by atoms with Gasteiger partial charge in [0.2, 0.25) is 0 Å². The SMILES string of the molecule is CCC1CNC(C(C)C)CN1c1cc(C)ccc1F. The number of hydrogen-bond donors (Lipinski definition) is 1. The highest BCUT2D eigenvalue weighted by atomic mass is 19.1. The highest BCUT2D eigenvalue weighted by Gasteiger charge is 2.29.